The molecule has 0 amide bonds. The Bertz CT molecular complexity index is 1210. The highest BCUT2D eigenvalue weighted by atomic mass is 79.9. The van der Waals surface area contributed by atoms with Gasteiger partial charge in [0.25, 0.3) is 0 Å². The van der Waals surface area contributed by atoms with E-state index < -0.39 is 11.7 Å². The molecule has 3 nitrogen and oxygen atoms in total. The molecule has 3 aromatic carbocycles. The summed E-state index contributed by atoms with van der Waals surface area (Å²) in [6.07, 6.45) is -4.53. The molecule has 0 fully saturated rings. The van der Waals surface area contributed by atoms with Crippen molar-refractivity contribution in [2.24, 2.45) is 5.18 Å². The quantitative estimate of drug-likeness (QED) is 0.278. The molecule has 1 aromatic heterocycles. The highest BCUT2D eigenvalue weighted by Crippen LogP contribution is 2.39. The van der Waals surface area contributed by atoms with Crippen LogP contribution in [-0.2, 0) is 6.18 Å². The van der Waals surface area contributed by atoms with E-state index in [1.54, 1.807) is 47.0 Å². The lowest BCUT2D eigenvalue weighted by molar-refractivity contribution is -0.137. The van der Waals surface area contributed by atoms with E-state index in [0.29, 0.717) is 17.0 Å². The predicted molar refractivity (Wildman–Crippen MR) is 115 cm³/mol. The second kappa shape index (κ2) is 7.91. The molecular weight excluding hydrogens is 457 g/mol. The molecule has 150 valence electrons. The third-order valence-electron chi connectivity index (χ3n) is 4.72. The van der Waals surface area contributed by atoms with Crippen molar-refractivity contribution in [2.75, 3.05) is 0 Å². The normalized spacial score (nSPS) is 11.5. The van der Waals surface area contributed by atoms with Gasteiger partial charge in [-0.3, -0.25) is 0 Å². The Morgan fingerprint density at radius 1 is 0.767 bits per heavy atom. The van der Waals surface area contributed by atoms with Crippen LogP contribution in [0.3, 0.4) is 0 Å². The van der Waals surface area contributed by atoms with Crippen LogP contribution in [-0.4, -0.2) is 4.57 Å². The Morgan fingerprint density at radius 2 is 1.43 bits per heavy atom. The first kappa shape index (κ1) is 20.1. The first-order valence-electron chi connectivity index (χ1n) is 8.96. The second-order valence-electron chi connectivity index (χ2n) is 6.60. The highest BCUT2D eigenvalue weighted by molar-refractivity contribution is 9.10. The molecule has 0 aliphatic rings. The molecule has 0 unspecified atom stereocenters. The van der Waals surface area contributed by atoms with Crippen LogP contribution in [0.4, 0.5) is 18.9 Å². The van der Waals surface area contributed by atoms with Crippen molar-refractivity contribution in [1.82, 2.24) is 4.57 Å². The van der Waals surface area contributed by atoms with Crippen LogP contribution in [0.2, 0.25) is 0 Å². The molecule has 0 saturated heterocycles. The molecule has 0 saturated carbocycles. The predicted octanol–water partition coefficient (Wildman–Crippen LogP) is 7.99. The van der Waals surface area contributed by atoms with Crippen molar-refractivity contribution < 1.29 is 13.2 Å². The molecule has 0 radical (unpaired) electrons. The minimum absolute atomic E-state index is 0.00684. The summed E-state index contributed by atoms with van der Waals surface area (Å²) in [5.74, 6) is 0. The third-order valence-corrected chi connectivity index (χ3v) is 5.25. The first-order valence-corrected chi connectivity index (χ1v) is 9.76. The zero-order valence-electron chi connectivity index (χ0n) is 15.4. The number of halogens is 4. The van der Waals surface area contributed by atoms with Gasteiger partial charge in [0.15, 0.2) is 0 Å². The van der Waals surface area contributed by atoms with E-state index in [4.69, 9.17) is 0 Å². The van der Waals surface area contributed by atoms with Gasteiger partial charge >= 0.3 is 6.18 Å². The Morgan fingerprint density at radius 3 is 2.10 bits per heavy atom. The van der Waals surface area contributed by atoms with E-state index >= 15 is 0 Å². The fourth-order valence-corrected chi connectivity index (χ4v) is 3.66. The van der Waals surface area contributed by atoms with Gasteiger partial charge in [0, 0.05) is 10.0 Å². The SMILES string of the molecule is O=Nc1cccc(-c2ccc(-c3ccc(Br)cc3)n2-c2ccccc2C(F)(F)F)c1. The largest absolute Gasteiger partial charge is 0.418 e. The molecule has 0 atom stereocenters. The molecule has 0 aliphatic carbocycles. The Labute approximate surface area is 178 Å². The molecule has 0 aliphatic heterocycles. The van der Waals surface area contributed by atoms with Gasteiger partial charge in [-0.1, -0.05) is 52.3 Å². The average molecular weight is 471 g/mol. The maximum atomic E-state index is 13.8. The summed E-state index contributed by atoms with van der Waals surface area (Å²) in [5, 5.41) is 2.95. The molecule has 1 heterocycles. The summed E-state index contributed by atoms with van der Waals surface area (Å²) < 4.78 is 43.8. The minimum Gasteiger partial charge on any atom is -0.309 e. The van der Waals surface area contributed by atoms with Crippen LogP contribution >= 0.6 is 15.9 Å². The molecule has 0 N–H and O–H groups in total. The monoisotopic (exact) mass is 470 g/mol. The summed E-state index contributed by atoms with van der Waals surface area (Å²) in [6.45, 7) is 0. The van der Waals surface area contributed by atoms with Crippen molar-refractivity contribution in [3.05, 3.63) is 99.9 Å². The average Bonchev–Trinajstić information content (AvgIpc) is 3.18. The van der Waals surface area contributed by atoms with Gasteiger partial charge < -0.3 is 4.57 Å². The number of hydrogen-bond acceptors (Lipinski definition) is 2. The van der Waals surface area contributed by atoms with E-state index in [-0.39, 0.29) is 11.4 Å². The number of para-hydroxylation sites is 1. The van der Waals surface area contributed by atoms with E-state index in [1.807, 2.05) is 24.3 Å². The van der Waals surface area contributed by atoms with Gasteiger partial charge in [0.1, 0.15) is 5.69 Å². The Balaban J connectivity index is 2.03. The van der Waals surface area contributed by atoms with Crippen molar-refractivity contribution in [1.29, 1.82) is 0 Å². The van der Waals surface area contributed by atoms with Gasteiger partial charge in [-0.25, -0.2) is 0 Å². The molecular formula is C23H14BrF3N2O. The summed E-state index contributed by atoms with van der Waals surface area (Å²) in [4.78, 5) is 11.0. The summed E-state index contributed by atoms with van der Waals surface area (Å²) in [7, 11) is 0. The standard InChI is InChI=1S/C23H14BrF3N2O/c24-17-10-8-15(9-11-17)20-12-13-21(16-4-3-5-18(14-16)28-30)29(20)22-7-2-1-6-19(22)23(25,26)27/h1-14H. The summed E-state index contributed by atoms with van der Waals surface area (Å²) >= 11 is 3.38. The number of rotatable bonds is 4. The van der Waals surface area contributed by atoms with Crippen LogP contribution < -0.4 is 0 Å². The lowest BCUT2D eigenvalue weighted by Crippen LogP contribution is -2.12. The zero-order chi connectivity index (χ0) is 21.3. The number of alkyl halides is 3. The molecule has 0 bridgehead atoms. The van der Waals surface area contributed by atoms with Crippen molar-refractivity contribution in [3.8, 4) is 28.2 Å². The minimum atomic E-state index is -4.53. The van der Waals surface area contributed by atoms with E-state index in [9.17, 15) is 18.1 Å². The first-order chi connectivity index (χ1) is 14.4. The van der Waals surface area contributed by atoms with Crippen LogP contribution in [0.1, 0.15) is 5.56 Å². The zero-order valence-corrected chi connectivity index (χ0v) is 17.0. The summed E-state index contributed by atoms with van der Waals surface area (Å²) in [6, 6.07) is 22.8. The van der Waals surface area contributed by atoms with Gasteiger partial charge in [-0.2, -0.15) is 13.2 Å². The van der Waals surface area contributed by atoms with Crippen LogP contribution in [0.15, 0.2) is 94.6 Å². The fourth-order valence-electron chi connectivity index (χ4n) is 3.40. The van der Waals surface area contributed by atoms with Crippen LogP contribution in [0, 0.1) is 4.91 Å². The molecule has 4 rings (SSSR count). The highest BCUT2D eigenvalue weighted by Gasteiger charge is 2.34. The molecule has 7 heteroatoms. The van der Waals surface area contributed by atoms with Crippen molar-refractivity contribution in [3.63, 3.8) is 0 Å². The molecule has 30 heavy (non-hydrogen) atoms. The molecule has 4 aromatic rings. The van der Waals surface area contributed by atoms with Crippen LogP contribution in [0.5, 0.6) is 0 Å². The van der Waals surface area contributed by atoms with Crippen LogP contribution in [0.25, 0.3) is 28.2 Å². The van der Waals surface area contributed by atoms with Gasteiger partial charge in [0.2, 0.25) is 0 Å². The number of benzene rings is 3. The van der Waals surface area contributed by atoms with E-state index in [2.05, 4.69) is 21.1 Å². The number of aromatic nitrogens is 1. The number of hydrogen-bond donors (Lipinski definition) is 0. The Hall–Kier alpha value is -3.19. The fraction of sp³-hybridized carbons (Fsp3) is 0.0435. The maximum Gasteiger partial charge on any atom is 0.418 e. The number of nitroso groups, excluding NO2 is 1. The van der Waals surface area contributed by atoms with Gasteiger partial charge in [-0.05, 0) is 59.3 Å². The Kier molecular flexibility index (Phi) is 5.30. The van der Waals surface area contributed by atoms with E-state index in [0.717, 1.165) is 16.1 Å². The topological polar surface area (TPSA) is 34.4 Å². The lowest BCUT2D eigenvalue weighted by Gasteiger charge is -2.19. The van der Waals surface area contributed by atoms with Crippen molar-refractivity contribution >= 4 is 21.6 Å². The maximum absolute atomic E-state index is 13.8. The summed E-state index contributed by atoms with van der Waals surface area (Å²) in [5.41, 5.74) is 1.93. The van der Waals surface area contributed by atoms with Gasteiger partial charge in [0.05, 0.1) is 22.6 Å². The molecule has 0 spiro atoms. The van der Waals surface area contributed by atoms with E-state index in [1.165, 1.54) is 12.1 Å². The second-order valence-corrected chi connectivity index (χ2v) is 7.52. The lowest BCUT2D eigenvalue weighted by atomic mass is 10.1. The van der Waals surface area contributed by atoms with Gasteiger partial charge in [-0.15, -0.1) is 4.91 Å². The van der Waals surface area contributed by atoms with Crippen molar-refractivity contribution in [2.45, 2.75) is 6.18 Å². The number of nitrogens with zero attached hydrogens (tertiary/aromatic N) is 2. The smallest absolute Gasteiger partial charge is 0.309 e. The third kappa shape index (κ3) is 3.80.